The topological polar surface area (TPSA) is 58.6 Å². The minimum Gasteiger partial charge on any atom is -0.494 e. The molecule has 0 bridgehead atoms. The van der Waals surface area contributed by atoms with Gasteiger partial charge in [-0.25, -0.2) is 0 Å². The number of benzene rings is 3. The fourth-order valence-electron chi connectivity index (χ4n) is 3.59. The molecule has 2 amide bonds. The van der Waals surface area contributed by atoms with Crippen LogP contribution in [0.2, 0.25) is 0 Å². The van der Waals surface area contributed by atoms with Crippen LogP contribution in [-0.2, 0) is 11.2 Å². The summed E-state index contributed by atoms with van der Waals surface area (Å²) in [5, 5.41) is 2.94. The number of anilines is 2. The van der Waals surface area contributed by atoms with Crippen molar-refractivity contribution in [2.24, 2.45) is 0 Å². The van der Waals surface area contributed by atoms with Crippen LogP contribution in [0.25, 0.3) is 0 Å². The molecule has 5 heteroatoms. The first kappa shape index (κ1) is 18.7. The number of hydrogen-bond acceptors (Lipinski definition) is 3. The third-order valence-corrected chi connectivity index (χ3v) is 4.95. The van der Waals surface area contributed by atoms with Crippen molar-refractivity contribution in [3.05, 3.63) is 90.0 Å². The van der Waals surface area contributed by atoms with Crippen molar-refractivity contribution in [1.29, 1.82) is 0 Å². The van der Waals surface area contributed by atoms with Gasteiger partial charge in [-0.2, -0.15) is 0 Å². The van der Waals surface area contributed by atoms with E-state index in [2.05, 4.69) is 5.32 Å². The van der Waals surface area contributed by atoms with Crippen LogP contribution < -0.4 is 15.0 Å². The minimum atomic E-state index is -0.605. The summed E-state index contributed by atoms with van der Waals surface area (Å²) in [5.41, 5.74) is 3.00. The van der Waals surface area contributed by atoms with Gasteiger partial charge in [0.05, 0.1) is 6.61 Å². The summed E-state index contributed by atoms with van der Waals surface area (Å²) >= 11 is 0. The second-order valence-corrected chi connectivity index (χ2v) is 6.84. The molecule has 146 valence electrons. The van der Waals surface area contributed by atoms with Gasteiger partial charge in [-0.15, -0.1) is 0 Å². The van der Waals surface area contributed by atoms with Crippen LogP contribution in [0.1, 0.15) is 22.8 Å². The van der Waals surface area contributed by atoms with Gasteiger partial charge in [0.15, 0.2) is 0 Å². The van der Waals surface area contributed by atoms with E-state index in [0.29, 0.717) is 24.3 Å². The first-order valence-electron chi connectivity index (χ1n) is 9.67. The van der Waals surface area contributed by atoms with Gasteiger partial charge in [0.1, 0.15) is 11.8 Å². The number of amides is 2. The van der Waals surface area contributed by atoms with E-state index in [0.717, 1.165) is 17.0 Å². The zero-order chi connectivity index (χ0) is 20.2. The van der Waals surface area contributed by atoms with Crippen LogP contribution in [0, 0.1) is 0 Å². The fourth-order valence-corrected chi connectivity index (χ4v) is 3.59. The number of rotatable bonds is 5. The largest absolute Gasteiger partial charge is 0.494 e. The highest BCUT2D eigenvalue weighted by atomic mass is 16.5. The molecule has 1 aliphatic rings. The maximum Gasteiger partial charge on any atom is 0.259 e. The van der Waals surface area contributed by atoms with Crippen molar-refractivity contribution in [2.75, 3.05) is 16.8 Å². The lowest BCUT2D eigenvalue weighted by Crippen LogP contribution is -2.45. The van der Waals surface area contributed by atoms with Gasteiger partial charge in [-0.05, 0) is 55.0 Å². The van der Waals surface area contributed by atoms with Crippen LogP contribution in [0.5, 0.6) is 5.75 Å². The summed E-state index contributed by atoms with van der Waals surface area (Å²) in [7, 11) is 0. The van der Waals surface area contributed by atoms with Crippen LogP contribution >= 0.6 is 0 Å². The van der Waals surface area contributed by atoms with E-state index in [-0.39, 0.29) is 11.8 Å². The molecule has 0 aromatic heterocycles. The fraction of sp³-hybridized carbons (Fsp3) is 0.167. The lowest BCUT2D eigenvalue weighted by atomic mass is 10.1. The summed E-state index contributed by atoms with van der Waals surface area (Å²) in [6.45, 7) is 2.51. The van der Waals surface area contributed by atoms with Crippen LogP contribution in [0.15, 0.2) is 78.9 Å². The molecule has 0 fully saturated rings. The number of nitrogens with one attached hydrogen (secondary N) is 1. The SMILES string of the molecule is CCOc1ccc(NC(=O)[C@H]2Cc3ccccc3N2C(=O)c2ccccc2)cc1. The summed E-state index contributed by atoms with van der Waals surface area (Å²) in [4.78, 5) is 27.9. The van der Waals surface area contributed by atoms with E-state index in [4.69, 9.17) is 4.74 Å². The highest BCUT2D eigenvalue weighted by Crippen LogP contribution is 2.34. The smallest absolute Gasteiger partial charge is 0.259 e. The molecule has 0 saturated heterocycles. The summed E-state index contributed by atoms with van der Waals surface area (Å²) in [6.07, 6.45) is 0.484. The van der Waals surface area contributed by atoms with E-state index < -0.39 is 6.04 Å². The van der Waals surface area contributed by atoms with Crippen molar-refractivity contribution in [1.82, 2.24) is 0 Å². The minimum absolute atomic E-state index is 0.178. The highest BCUT2D eigenvalue weighted by Gasteiger charge is 2.38. The molecule has 0 radical (unpaired) electrons. The van der Waals surface area contributed by atoms with E-state index in [9.17, 15) is 9.59 Å². The maximum absolute atomic E-state index is 13.2. The number of para-hydroxylation sites is 1. The molecule has 29 heavy (non-hydrogen) atoms. The molecular weight excluding hydrogens is 364 g/mol. The number of carbonyl (C=O) groups excluding carboxylic acids is 2. The Labute approximate surface area is 169 Å². The lowest BCUT2D eigenvalue weighted by molar-refractivity contribution is -0.117. The molecule has 1 heterocycles. The summed E-state index contributed by atoms with van der Waals surface area (Å²) in [6, 6.07) is 23.3. The first-order valence-corrected chi connectivity index (χ1v) is 9.67. The van der Waals surface area contributed by atoms with Crippen LogP contribution in [-0.4, -0.2) is 24.5 Å². The number of ether oxygens (including phenoxy) is 1. The normalized spacial score (nSPS) is 14.9. The van der Waals surface area contributed by atoms with Crippen molar-refractivity contribution in [3.8, 4) is 5.75 Å². The Kier molecular flexibility index (Phi) is 5.29. The van der Waals surface area contributed by atoms with Crippen LogP contribution in [0.3, 0.4) is 0 Å². The van der Waals surface area contributed by atoms with Crippen molar-refractivity contribution < 1.29 is 14.3 Å². The molecule has 0 unspecified atom stereocenters. The molecule has 0 aliphatic carbocycles. The van der Waals surface area contributed by atoms with Crippen molar-refractivity contribution in [3.63, 3.8) is 0 Å². The zero-order valence-corrected chi connectivity index (χ0v) is 16.2. The second kappa shape index (κ2) is 8.19. The molecule has 5 nitrogen and oxygen atoms in total. The number of carbonyl (C=O) groups is 2. The van der Waals surface area contributed by atoms with Gasteiger partial charge in [0.25, 0.3) is 5.91 Å². The Morgan fingerprint density at radius 2 is 1.66 bits per heavy atom. The second-order valence-electron chi connectivity index (χ2n) is 6.84. The van der Waals surface area contributed by atoms with Gasteiger partial charge < -0.3 is 10.1 Å². The average molecular weight is 386 g/mol. The van der Waals surface area contributed by atoms with E-state index >= 15 is 0 Å². The van der Waals surface area contributed by atoms with Gasteiger partial charge in [0.2, 0.25) is 5.91 Å². The molecule has 3 aromatic carbocycles. The molecule has 4 rings (SSSR count). The molecule has 3 aromatic rings. The Hall–Kier alpha value is -3.60. The maximum atomic E-state index is 13.2. The van der Waals surface area contributed by atoms with Gasteiger partial charge in [-0.3, -0.25) is 14.5 Å². The monoisotopic (exact) mass is 386 g/mol. The van der Waals surface area contributed by atoms with E-state index in [1.165, 1.54) is 0 Å². The zero-order valence-electron chi connectivity index (χ0n) is 16.2. The average Bonchev–Trinajstić information content (AvgIpc) is 3.15. The molecule has 0 spiro atoms. The number of hydrogen-bond donors (Lipinski definition) is 1. The predicted molar refractivity (Wildman–Crippen MR) is 113 cm³/mol. The molecule has 1 N–H and O–H groups in total. The third-order valence-electron chi connectivity index (χ3n) is 4.95. The molecule has 1 aliphatic heterocycles. The van der Waals surface area contributed by atoms with Gasteiger partial charge >= 0.3 is 0 Å². The molecular formula is C24H22N2O3. The Bertz CT molecular complexity index is 1020. The lowest BCUT2D eigenvalue weighted by Gasteiger charge is -2.25. The summed E-state index contributed by atoms with van der Waals surface area (Å²) < 4.78 is 5.44. The quantitative estimate of drug-likeness (QED) is 0.711. The Morgan fingerprint density at radius 1 is 0.966 bits per heavy atom. The molecule has 0 saturated carbocycles. The van der Waals surface area contributed by atoms with Crippen molar-refractivity contribution in [2.45, 2.75) is 19.4 Å². The van der Waals surface area contributed by atoms with E-state index in [1.807, 2.05) is 61.5 Å². The number of nitrogens with zero attached hydrogens (tertiary/aromatic N) is 1. The van der Waals surface area contributed by atoms with Gasteiger partial charge in [0, 0.05) is 23.4 Å². The first-order chi connectivity index (χ1) is 14.2. The Balaban J connectivity index is 1.59. The predicted octanol–water partition coefficient (Wildman–Crippen LogP) is 4.30. The number of fused-ring (bicyclic) bond motifs is 1. The van der Waals surface area contributed by atoms with Crippen molar-refractivity contribution >= 4 is 23.2 Å². The molecule has 1 atom stereocenters. The summed E-state index contributed by atoms with van der Waals surface area (Å²) in [5.74, 6) is 0.358. The van der Waals surface area contributed by atoms with Gasteiger partial charge in [-0.1, -0.05) is 36.4 Å². The standard InChI is InChI=1S/C24H22N2O3/c1-2-29-20-14-12-19(13-15-20)25-23(27)22-16-18-10-6-7-11-21(18)26(22)24(28)17-8-4-3-5-9-17/h3-15,22H,2,16H2,1H3,(H,25,27)/t22-/m1/s1. The van der Waals surface area contributed by atoms with Crippen LogP contribution in [0.4, 0.5) is 11.4 Å². The van der Waals surface area contributed by atoms with E-state index in [1.54, 1.807) is 29.2 Å². The highest BCUT2D eigenvalue weighted by molar-refractivity contribution is 6.13. The Morgan fingerprint density at radius 3 is 2.38 bits per heavy atom. The third kappa shape index (κ3) is 3.85.